The zero-order valence-electron chi connectivity index (χ0n) is 14.4. The van der Waals surface area contributed by atoms with Crippen LogP contribution < -0.4 is 4.74 Å². The molecule has 0 N–H and O–H groups in total. The normalized spacial score (nSPS) is 12.4. The maximum absolute atomic E-state index is 6.28. The van der Waals surface area contributed by atoms with Crippen LogP contribution in [0.2, 0.25) is 18.1 Å². The van der Waals surface area contributed by atoms with Crippen molar-refractivity contribution >= 4 is 35.6 Å². The molecular formula is C17H24BrNO2SSi. The van der Waals surface area contributed by atoms with Crippen molar-refractivity contribution in [3.8, 4) is 5.75 Å². The molecule has 0 fully saturated rings. The minimum Gasteiger partial charge on any atom is -0.486 e. The van der Waals surface area contributed by atoms with Gasteiger partial charge in [0.05, 0.1) is 22.3 Å². The van der Waals surface area contributed by atoms with E-state index in [1.54, 1.807) is 11.3 Å². The highest BCUT2D eigenvalue weighted by Gasteiger charge is 2.37. The highest BCUT2D eigenvalue weighted by Crippen LogP contribution is 2.37. The highest BCUT2D eigenvalue weighted by molar-refractivity contribution is 9.10. The summed E-state index contributed by atoms with van der Waals surface area (Å²) in [4.78, 5) is 4.24. The number of rotatable bonds is 6. The molecule has 3 nitrogen and oxygen atoms in total. The Morgan fingerprint density at radius 3 is 2.57 bits per heavy atom. The Bertz CT molecular complexity index is 639. The van der Waals surface area contributed by atoms with Crippen molar-refractivity contribution in [3.63, 3.8) is 0 Å². The van der Waals surface area contributed by atoms with E-state index in [1.165, 1.54) is 0 Å². The van der Waals surface area contributed by atoms with Gasteiger partial charge in [-0.1, -0.05) is 26.8 Å². The smallest absolute Gasteiger partial charge is 0.192 e. The second kappa shape index (κ2) is 7.47. The first-order valence-corrected chi connectivity index (χ1v) is 12.3. The Kier molecular flexibility index (Phi) is 6.05. The van der Waals surface area contributed by atoms with E-state index in [2.05, 4.69) is 60.8 Å². The van der Waals surface area contributed by atoms with E-state index in [0.29, 0.717) is 13.2 Å². The molecule has 2 aromatic rings. The van der Waals surface area contributed by atoms with Gasteiger partial charge < -0.3 is 9.16 Å². The molecule has 0 saturated carbocycles. The van der Waals surface area contributed by atoms with Crippen molar-refractivity contribution in [1.29, 1.82) is 0 Å². The van der Waals surface area contributed by atoms with E-state index in [4.69, 9.17) is 9.16 Å². The first-order valence-electron chi connectivity index (χ1n) is 7.61. The molecule has 23 heavy (non-hydrogen) atoms. The summed E-state index contributed by atoms with van der Waals surface area (Å²) in [6.07, 6.45) is 0. The molecular weight excluding hydrogens is 390 g/mol. The number of nitrogens with zero attached hydrogens (tertiary/aromatic N) is 1. The number of halogens is 1. The molecule has 0 amide bonds. The van der Waals surface area contributed by atoms with Crippen molar-refractivity contribution in [1.82, 2.24) is 4.98 Å². The van der Waals surface area contributed by atoms with Gasteiger partial charge in [-0.05, 0) is 51.8 Å². The molecule has 2 rings (SSSR count). The highest BCUT2D eigenvalue weighted by atomic mass is 79.9. The van der Waals surface area contributed by atoms with Gasteiger partial charge in [-0.25, -0.2) is 4.98 Å². The predicted octanol–water partition coefficient (Wildman–Crippen LogP) is 6.01. The molecule has 1 heterocycles. The molecule has 6 heteroatoms. The Morgan fingerprint density at radius 1 is 1.22 bits per heavy atom. The zero-order valence-corrected chi connectivity index (χ0v) is 17.8. The average molecular weight is 414 g/mol. The molecule has 0 aliphatic heterocycles. The maximum Gasteiger partial charge on any atom is 0.192 e. The van der Waals surface area contributed by atoms with Gasteiger partial charge in [0.2, 0.25) is 0 Å². The fourth-order valence-corrected chi connectivity index (χ4v) is 3.55. The minimum atomic E-state index is -1.74. The fraction of sp³-hybridized carbons (Fsp3) is 0.471. The quantitative estimate of drug-likeness (QED) is 0.543. The van der Waals surface area contributed by atoms with E-state index in [9.17, 15) is 0 Å². The molecule has 1 aromatic heterocycles. The lowest BCUT2D eigenvalue weighted by atomic mass is 10.2. The lowest BCUT2D eigenvalue weighted by Gasteiger charge is -2.36. The van der Waals surface area contributed by atoms with E-state index in [-0.39, 0.29) is 5.04 Å². The summed E-state index contributed by atoms with van der Waals surface area (Å²) in [5.74, 6) is 0.828. The lowest BCUT2D eigenvalue weighted by molar-refractivity contribution is 0.273. The number of hydrogen-bond acceptors (Lipinski definition) is 4. The summed E-state index contributed by atoms with van der Waals surface area (Å²) in [6, 6.07) is 6.14. The lowest BCUT2D eigenvalue weighted by Crippen LogP contribution is -2.40. The maximum atomic E-state index is 6.28. The van der Waals surface area contributed by atoms with Crippen molar-refractivity contribution in [2.24, 2.45) is 0 Å². The van der Waals surface area contributed by atoms with Gasteiger partial charge in [-0.15, -0.1) is 11.3 Å². The van der Waals surface area contributed by atoms with Gasteiger partial charge in [-0.2, -0.15) is 0 Å². The van der Waals surface area contributed by atoms with Crippen LogP contribution in [-0.4, -0.2) is 13.3 Å². The second-order valence-corrected chi connectivity index (χ2v) is 13.5. The van der Waals surface area contributed by atoms with Crippen molar-refractivity contribution in [3.05, 3.63) is 44.8 Å². The summed E-state index contributed by atoms with van der Waals surface area (Å²) >= 11 is 5.12. The fourth-order valence-electron chi connectivity index (χ4n) is 1.69. The van der Waals surface area contributed by atoms with Gasteiger partial charge in [-0.3, -0.25) is 0 Å². The number of benzene rings is 1. The molecule has 0 spiro atoms. The summed E-state index contributed by atoms with van der Waals surface area (Å²) < 4.78 is 13.1. The first kappa shape index (κ1) is 18.6. The Balaban J connectivity index is 2.02. The molecule has 0 aliphatic rings. The molecule has 0 saturated heterocycles. The molecule has 0 unspecified atom stereocenters. The van der Waals surface area contributed by atoms with Gasteiger partial charge in [0, 0.05) is 5.38 Å². The molecule has 0 aliphatic carbocycles. The van der Waals surface area contributed by atoms with Crippen LogP contribution in [0.3, 0.4) is 0 Å². The van der Waals surface area contributed by atoms with E-state index in [0.717, 1.165) is 21.5 Å². The van der Waals surface area contributed by atoms with Crippen LogP contribution in [0.1, 0.15) is 32.0 Å². The van der Waals surface area contributed by atoms with Crippen LogP contribution in [0, 0.1) is 0 Å². The van der Waals surface area contributed by atoms with Gasteiger partial charge in [0.15, 0.2) is 8.32 Å². The van der Waals surface area contributed by atoms with Gasteiger partial charge >= 0.3 is 0 Å². The second-order valence-electron chi connectivity index (χ2n) is 7.08. The monoisotopic (exact) mass is 413 g/mol. The molecule has 0 bridgehead atoms. The summed E-state index contributed by atoms with van der Waals surface area (Å²) in [5, 5.41) is 2.21. The molecule has 0 radical (unpaired) electrons. The van der Waals surface area contributed by atoms with Crippen molar-refractivity contribution in [2.75, 3.05) is 0 Å². The van der Waals surface area contributed by atoms with E-state index in [1.807, 2.05) is 23.0 Å². The van der Waals surface area contributed by atoms with Crippen molar-refractivity contribution in [2.45, 2.75) is 52.1 Å². The largest absolute Gasteiger partial charge is 0.486 e. The average Bonchev–Trinajstić information content (AvgIpc) is 2.97. The van der Waals surface area contributed by atoms with Crippen LogP contribution in [0.4, 0.5) is 0 Å². The standard InChI is InChI=1S/C17H24BrNO2SSi/c1-17(2,3)23(4,5)21-9-13-6-7-15(18)16(8-13)20-10-14-11-22-12-19-14/h6-8,11-12H,9-10H2,1-5H3. The SMILES string of the molecule is CC(C)(C)[Si](C)(C)OCc1ccc(Br)c(OCc2cscn2)c1. The third-order valence-corrected chi connectivity index (χ3v) is 10.0. The number of ether oxygens (including phenoxy) is 1. The van der Waals surface area contributed by atoms with Crippen LogP contribution in [0.5, 0.6) is 5.75 Å². The van der Waals surface area contributed by atoms with Crippen LogP contribution in [0.15, 0.2) is 33.6 Å². The van der Waals surface area contributed by atoms with Gasteiger partial charge in [0.1, 0.15) is 12.4 Å². The van der Waals surface area contributed by atoms with Crippen molar-refractivity contribution < 1.29 is 9.16 Å². The number of hydrogen-bond donors (Lipinski definition) is 0. The summed E-state index contributed by atoms with van der Waals surface area (Å²) in [5.41, 5.74) is 3.90. The third-order valence-electron chi connectivity index (χ3n) is 4.26. The summed E-state index contributed by atoms with van der Waals surface area (Å²) in [6.45, 7) is 12.4. The van der Waals surface area contributed by atoms with E-state index < -0.39 is 8.32 Å². The van der Waals surface area contributed by atoms with Crippen LogP contribution in [-0.2, 0) is 17.6 Å². The van der Waals surface area contributed by atoms with E-state index >= 15 is 0 Å². The molecule has 0 atom stereocenters. The van der Waals surface area contributed by atoms with Crippen LogP contribution >= 0.6 is 27.3 Å². The van der Waals surface area contributed by atoms with Crippen LogP contribution in [0.25, 0.3) is 0 Å². The third kappa shape index (κ3) is 5.14. The Hall–Kier alpha value is -0.693. The Labute approximate surface area is 152 Å². The minimum absolute atomic E-state index is 0.215. The Morgan fingerprint density at radius 2 is 1.96 bits per heavy atom. The first-order chi connectivity index (χ1) is 10.7. The zero-order chi connectivity index (χ0) is 17.1. The van der Waals surface area contributed by atoms with Gasteiger partial charge in [0.25, 0.3) is 0 Å². The topological polar surface area (TPSA) is 31.4 Å². The predicted molar refractivity (Wildman–Crippen MR) is 103 cm³/mol. The number of thiazole rings is 1. The summed E-state index contributed by atoms with van der Waals surface area (Å²) in [7, 11) is -1.74. The number of aromatic nitrogens is 1. The molecule has 1 aromatic carbocycles. The molecule has 126 valence electrons.